The van der Waals surface area contributed by atoms with Crippen LogP contribution in [0.25, 0.3) is 0 Å². The van der Waals surface area contributed by atoms with Crippen molar-refractivity contribution in [3.63, 3.8) is 0 Å². The van der Waals surface area contributed by atoms with Gasteiger partial charge in [0, 0.05) is 12.5 Å². The quantitative estimate of drug-likeness (QED) is 0.835. The maximum atomic E-state index is 11.7. The summed E-state index contributed by atoms with van der Waals surface area (Å²) in [6.45, 7) is 3.77. The number of carbonyl (C=O) groups is 1. The number of hydrogen-bond acceptors (Lipinski definition) is 3. The zero-order valence-corrected chi connectivity index (χ0v) is 10.9. The molecule has 96 valence electrons. The Hall–Kier alpha value is -1.86. The first kappa shape index (κ1) is 14.2. The highest BCUT2D eigenvalue weighted by atomic mass is 16.1. The van der Waals surface area contributed by atoms with Gasteiger partial charge in [0.15, 0.2) is 0 Å². The van der Waals surface area contributed by atoms with Crippen LogP contribution in [0.2, 0.25) is 0 Å². The monoisotopic (exact) mass is 245 g/mol. The number of amides is 1. The minimum Gasteiger partial charge on any atom is -0.328 e. The van der Waals surface area contributed by atoms with Gasteiger partial charge in [0.05, 0.1) is 11.3 Å². The second-order valence-electron chi connectivity index (χ2n) is 4.53. The van der Waals surface area contributed by atoms with E-state index in [0.29, 0.717) is 17.7 Å². The number of carbonyl (C=O) groups excluding carboxylic acids is 1. The van der Waals surface area contributed by atoms with Crippen molar-refractivity contribution in [1.82, 2.24) is 0 Å². The van der Waals surface area contributed by atoms with Crippen LogP contribution >= 0.6 is 0 Å². The Labute approximate surface area is 108 Å². The summed E-state index contributed by atoms with van der Waals surface area (Å²) < 4.78 is 0. The highest BCUT2D eigenvalue weighted by Gasteiger charge is 2.08. The van der Waals surface area contributed by atoms with Crippen LogP contribution in [0.5, 0.6) is 0 Å². The summed E-state index contributed by atoms with van der Waals surface area (Å²) in [5.41, 5.74) is 7.60. The zero-order valence-electron chi connectivity index (χ0n) is 10.9. The second kappa shape index (κ2) is 6.77. The molecule has 1 aromatic rings. The summed E-state index contributed by atoms with van der Waals surface area (Å²) >= 11 is 0. The van der Waals surface area contributed by atoms with E-state index in [1.807, 2.05) is 26.0 Å². The molecule has 0 heterocycles. The topological polar surface area (TPSA) is 78.9 Å². The lowest BCUT2D eigenvalue weighted by molar-refractivity contribution is -0.116. The van der Waals surface area contributed by atoms with Crippen molar-refractivity contribution in [2.24, 2.45) is 5.73 Å². The fraction of sp³-hybridized carbons (Fsp3) is 0.429. The molecule has 0 bridgehead atoms. The van der Waals surface area contributed by atoms with E-state index in [-0.39, 0.29) is 11.9 Å². The molecule has 1 unspecified atom stereocenters. The summed E-state index contributed by atoms with van der Waals surface area (Å²) in [5.74, 6) is -0.0715. The van der Waals surface area contributed by atoms with E-state index in [4.69, 9.17) is 11.0 Å². The van der Waals surface area contributed by atoms with Gasteiger partial charge in [-0.1, -0.05) is 12.1 Å². The van der Waals surface area contributed by atoms with Crippen LogP contribution in [0.4, 0.5) is 5.69 Å². The van der Waals surface area contributed by atoms with Crippen LogP contribution < -0.4 is 11.1 Å². The van der Waals surface area contributed by atoms with Crippen molar-refractivity contribution >= 4 is 11.6 Å². The first-order chi connectivity index (χ1) is 8.54. The van der Waals surface area contributed by atoms with Crippen LogP contribution in [0.1, 0.15) is 37.3 Å². The van der Waals surface area contributed by atoms with Crippen molar-refractivity contribution < 1.29 is 4.79 Å². The lowest BCUT2D eigenvalue weighted by Gasteiger charge is -2.09. The van der Waals surface area contributed by atoms with Gasteiger partial charge in [-0.2, -0.15) is 5.26 Å². The molecule has 0 saturated heterocycles. The molecule has 1 atom stereocenters. The number of rotatable bonds is 5. The van der Waals surface area contributed by atoms with Gasteiger partial charge in [-0.25, -0.2) is 0 Å². The Balaban J connectivity index is 2.60. The normalized spacial score (nSPS) is 11.7. The minimum atomic E-state index is -0.0715. The molecule has 0 spiro atoms. The molecule has 0 radical (unpaired) electrons. The van der Waals surface area contributed by atoms with Gasteiger partial charge in [-0.3, -0.25) is 4.79 Å². The van der Waals surface area contributed by atoms with Gasteiger partial charge < -0.3 is 11.1 Å². The number of nitriles is 1. The van der Waals surface area contributed by atoms with Crippen LogP contribution in [0.15, 0.2) is 18.2 Å². The molecule has 18 heavy (non-hydrogen) atoms. The van der Waals surface area contributed by atoms with Crippen molar-refractivity contribution in [2.45, 2.75) is 39.2 Å². The van der Waals surface area contributed by atoms with Gasteiger partial charge in [-0.15, -0.1) is 0 Å². The van der Waals surface area contributed by atoms with Crippen molar-refractivity contribution in [3.8, 4) is 6.07 Å². The van der Waals surface area contributed by atoms with E-state index in [1.165, 1.54) is 0 Å². The summed E-state index contributed by atoms with van der Waals surface area (Å²) in [6.07, 6.45) is 2.02. The highest BCUT2D eigenvalue weighted by Crippen LogP contribution is 2.18. The van der Waals surface area contributed by atoms with Gasteiger partial charge in [0.2, 0.25) is 5.91 Å². The highest BCUT2D eigenvalue weighted by molar-refractivity contribution is 5.92. The minimum absolute atomic E-state index is 0.0715. The predicted octanol–water partition coefficient (Wildman–Crippen LogP) is 2.32. The van der Waals surface area contributed by atoms with Gasteiger partial charge in [0.1, 0.15) is 6.07 Å². The predicted molar refractivity (Wildman–Crippen MR) is 72.0 cm³/mol. The second-order valence-corrected chi connectivity index (χ2v) is 4.53. The molecule has 4 nitrogen and oxygen atoms in total. The van der Waals surface area contributed by atoms with Crippen molar-refractivity contribution in [2.75, 3.05) is 5.32 Å². The third-order valence-electron chi connectivity index (χ3n) is 2.72. The maximum Gasteiger partial charge on any atom is 0.224 e. The van der Waals surface area contributed by atoms with E-state index in [2.05, 4.69) is 11.4 Å². The molecule has 0 aromatic heterocycles. The summed E-state index contributed by atoms with van der Waals surface area (Å²) in [7, 11) is 0. The molecule has 0 saturated carbocycles. The Morgan fingerprint density at radius 2 is 2.28 bits per heavy atom. The first-order valence-corrected chi connectivity index (χ1v) is 6.09. The fourth-order valence-electron chi connectivity index (χ4n) is 1.72. The Bertz CT molecular complexity index is 461. The van der Waals surface area contributed by atoms with Crippen LogP contribution in [0.3, 0.4) is 0 Å². The molecule has 4 heteroatoms. The lowest BCUT2D eigenvalue weighted by Crippen LogP contribution is -2.17. The smallest absolute Gasteiger partial charge is 0.224 e. The first-order valence-electron chi connectivity index (χ1n) is 6.09. The Morgan fingerprint density at radius 3 is 2.89 bits per heavy atom. The average molecular weight is 245 g/mol. The van der Waals surface area contributed by atoms with E-state index < -0.39 is 0 Å². The Morgan fingerprint density at radius 1 is 1.56 bits per heavy atom. The summed E-state index contributed by atoms with van der Waals surface area (Å²) in [4.78, 5) is 11.7. The number of benzene rings is 1. The number of nitrogens with one attached hydrogen (secondary N) is 1. The van der Waals surface area contributed by atoms with Crippen molar-refractivity contribution in [3.05, 3.63) is 29.3 Å². The summed E-state index contributed by atoms with van der Waals surface area (Å²) in [6, 6.07) is 7.65. The third-order valence-corrected chi connectivity index (χ3v) is 2.72. The number of nitrogens with two attached hydrogens (primary N) is 1. The molecule has 0 fully saturated rings. The van der Waals surface area contributed by atoms with Gasteiger partial charge in [-0.05, 0) is 38.3 Å². The van der Waals surface area contributed by atoms with Crippen LogP contribution in [-0.4, -0.2) is 11.9 Å². The largest absolute Gasteiger partial charge is 0.328 e. The van der Waals surface area contributed by atoms with E-state index in [0.717, 1.165) is 18.4 Å². The summed E-state index contributed by atoms with van der Waals surface area (Å²) in [5, 5.41) is 11.8. The van der Waals surface area contributed by atoms with E-state index >= 15 is 0 Å². The molecule has 3 N–H and O–H groups in total. The molecular formula is C14H19N3O. The zero-order chi connectivity index (χ0) is 13.5. The maximum absolute atomic E-state index is 11.7. The number of aryl methyl sites for hydroxylation is 1. The van der Waals surface area contributed by atoms with Crippen molar-refractivity contribution in [1.29, 1.82) is 5.26 Å². The number of hydrogen-bond donors (Lipinski definition) is 2. The van der Waals surface area contributed by atoms with Gasteiger partial charge in [0.25, 0.3) is 0 Å². The van der Waals surface area contributed by atoms with E-state index in [1.54, 1.807) is 6.07 Å². The number of nitrogens with zero attached hydrogens (tertiary/aromatic N) is 1. The molecular weight excluding hydrogens is 226 g/mol. The molecule has 1 rings (SSSR count). The molecule has 1 amide bonds. The van der Waals surface area contributed by atoms with Crippen LogP contribution in [0, 0.1) is 18.3 Å². The van der Waals surface area contributed by atoms with E-state index in [9.17, 15) is 4.79 Å². The average Bonchev–Trinajstić information content (AvgIpc) is 2.28. The lowest BCUT2D eigenvalue weighted by atomic mass is 10.1. The number of anilines is 1. The molecule has 0 aliphatic heterocycles. The standard InChI is InChI=1S/C14H19N3O/c1-10-5-3-7-13(12(10)9-15)17-14(18)8-4-6-11(2)16/h3,5,7,11H,4,6,8,16H2,1-2H3,(H,17,18). The third kappa shape index (κ3) is 4.19. The fourth-order valence-corrected chi connectivity index (χ4v) is 1.72. The Kier molecular flexibility index (Phi) is 5.34. The molecule has 0 aliphatic carbocycles. The van der Waals surface area contributed by atoms with Crippen LogP contribution in [-0.2, 0) is 4.79 Å². The molecule has 0 aliphatic rings. The van der Waals surface area contributed by atoms with Gasteiger partial charge >= 0.3 is 0 Å². The molecule has 1 aromatic carbocycles. The SMILES string of the molecule is Cc1cccc(NC(=O)CCCC(C)N)c1C#N.